The fraction of sp³-hybridized carbons (Fsp3) is 0.324. The molecule has 0 bridgehead atoms. The van der Waals surface area contributed by atoms with Crippen LogP contribution in [-0.2, 0) is 22.7 Å². The van der Waals surface area contributed by atoms with E-state index in [0.717, 1.165) is 35.1 Å². The average molecular weight is 715 g/mol. The molecule has 0 saturated carbocycles. The molecule has 11 nitrogen and oxygen atoms in total. The van der Waals surface area contributed by atoms with E-state index in [1.54, 1.807) is 7.11 Å². The molecule has 258 valence electrons. The zero-order valence-corrected chi connectivity index (χ0v) is 29.0. The molecular weight excluding hydrogens is 677 g/mol. The molecule has 2 atom stereocenters. The number of methoxy groups -OCH3 is 1. The van der Waals surface area contributed by atoms with Gasteiger partial charge in [0.2, 0.25) is 23.6 Å². The first kappa shape index (κ1) is 35.1. The Morgan fingerprint density at radius 2 is 1.24 bits per heavy atom. The van der Waals surface area contributed by atoms with Gasteiger partial charge in [0.15, 0.2) is 6.61 Å². The molecule has 2 aliphatic heterocycles. The maximum absolute atomic E-state index is 11.5. The van der Waals surface area contributed by atoms with E-state index in [-0.39, 0.29) is 30.5 Å². The van der Waals surface area contributed by atoms with E-state index in [1.807, 2.05) is 66.7 Å². The van der Waals surface area contributed by atoms with Gasteiger partial charge in [0.1, 0.15) is 6.07 Å². The van der Waals surface area contributed by atoms with Crippen LogP contribution in [0.15, 0.2) is 60.7 Å². The van der Waals surface area contributed by atoms with Gasteiger partial charge in [0.25, 0.3) is 0 Å². The van der Waals surface area contributed by atoms with Crippen LogP contribution in [0.4, 0.5) is 0 Å². The van der Waals surface area contributed by atoms with Crippen LogP contribution >= 0.6 is 23.2 Å². The number of hydrogen-bond acceptors (Lipinski definition) is 9. The van der Waals surface area contributed by atoms with E-state index in [1.165, 1.54) is 0 Å². The van der Waals surface area contributed by atoms with Crippen molar-refractivity contribution in [2.45, 2.75) is 50.9 Å². The number of benzene rings is 2. The molecule has 6 rings (SSSR count). The lowest BCUT2D eigenvalue weighted by Crippen LogP contribution is -2.35. The first-order valence-electron chi connectivity index (χ1n) is 16.5. The minimum absolute atomic E-state index is 0.0663. The maximum Gasteiger partial charge on any atom is 0.220 e. The van der Waals surface area contributed by atoms with Crippen LogP contribution in [0.2, 0.25) is 10.0 Å². The highest BCUT2D eigenvalue weighted by molar-refractivity contribution is 6.39. The number of carbonyl (C=O) groups is 2. The number of pyridine rings is 2. The van der Waals surface area contributed by atoms with Crippen molar-refractivity contribution in [3.63, 3.8) is 0 Å². The van der Waals surface area contributed by atoms with Gasteiger partial charge < -0.3 is 30.7 Å². The number of nitrogens with zero attached hydrogens (tertiary/aromatic N) is 3. The summed E-state index contributed by atoms with van der Waals surface area (Å²) in [6.45, 7) is 2.11. The predicted molar refractivity (Wildman–Crippen MR) is 192 cm³/mol. The number of hydrogen-bond donors (Lipinski definition) is 4. The lowest BCUT2D eigenvalue weighted by atomic mass is 9.98. The van der Waals surface area contributed by atoms with Gasteiger partial charge in [-0.1, -0.05) is 71.7 Å². The number of ether oxygens (including phenoxy) is 2. The molecule has 2 saturated heterocycles. The maximum atomic E-state index is 11.5. The van der Waals surface area contributed by atoms with Crippen molar-refractivity contribution in [1.29, 1.82) is 5.26 Å². The fourth-order valence-corrected chi connectivity index (χ4v) is 6.86. The van der Waals surface area contributed by atoms with E-state index in [4.69, 9.17) is 42.6 Å². The van der Waals surface area contributed by atoms with E-state index in [0.29, 0.717) is 83.3 Å². The van der Waals surface area contributed by atoms with Crippen molar-refractivity contribution in [3.05, 3.63) is 81.8 Å². The standard InChI is InChI=1S/C37H37Cl2N7O4/c1-49-36-22(18-41-20-24-10-14-32(47)43-24)8-12-30(45-36)28-6-2-4-26(34(28)38)27-5-3-7-29(35(27)39)31-13-9-23(37(46-31)50-17-16-40)19-42-21-25-11-15-33(48)44-25/h2-9,12-13,24-25,41-42H,10-11,14-15,17-21H2,1H3,(H,43,47)(H,44,48)/t24-,25-/m0/s1. The van der Waals surface area contributed by atoms with E-state index >= 15 is 0 Å². The third-order valence-corrected chi connectivity index (χ3v) is 9.58. The highest BCUT2D eigenvalue weighted by Gasteiger charge is 2.22. The molecule has 50 heavy (non-hydrogen) atoms. The van der Waals surface area contributed by atoms with Gasteiger partial charge in [-0.2, -0.15) is 5.26 Å². The smallest absolute Gasteiger partial charge is 0.220 e. The summed E-state index contributed by atoms with van der Waals surface area (Å²) in [4.78, 5) is 32.6. The Balaban J connectivity index is 1.22. The largest absolute Gasteiger partial charge is 0.481 e. The van der Waals surface area contributed by atoms with Crippen molar-refractivity contribution in [3.8, 4) is 51.5 Å². The van der Waals surface area contributed by atoms with Gasteiger partial charge in [-0.15, -0.1) is 0 Å². The summed E-state index contributed by atoms with van der Waals surface area (Å²) in [5.74, 6) is 0.970. The summed E-state index contributed by atoms with van der Waals surface area (Å²) in [6.07, 6.45) is 2.72. The second-order valence-electron chi connectivity index (χ2n) is 12.2. The van der Waals surface area contributed by atoms with Gasteiger partial charge in [0.05, 0.1) is 28.5 Å². The van der Waals surface area contributed by atoms with Gasteiger partial charge in [0, 0.05) is 84.5 Å². The van der Waals surface area contributed by atoms with E-state index in [9.17, 15) is 14.9 Å². The molecule has 0 radical (unpaired) electrons. The average Bonchev–Trinajstić information content (AvgIpc) is 3.75. The first-order valence-corrected chi connectivity index (χ1v) is 17.2. The van der Waals surface area contributed by atoms with Crippen LogP contribution in [0.1, 0.15) is 36.8 Å². The third kappa shape index (κ3) is 8.17. The molecule has 0 aliphatic carbocycles. The summed E-state index contributed by atoms with van der Waals surface area (Å²) in [5, 5.41) is 22.8. The van der Waals surface area contributed by atoms with Gasteiger partial charge in [-0.3, -0.25) is 9.59 Å². The predicted octanol–water partition coefficient (Wildman–Crippen LogP) is 5.43. The molecule has 2 amide bonds. The minimum atomic E-state index is -0.158. The van der Waals surface area contributed by atoms with Crippen LogP contribution in [0, 0.1) is 11.3 Å². The van der Waals surface area contributed by atoms with Gasteiger partial charge in [-0.25, -0.2) is 9.97 Å². The van der Waals surface area contributed by atoms with Crippen molar-refractivity contribution in [2.24, 2.45) is 0 Å². The van der Waals surface area contributed by atoms with Gasteiger partial charge >= 0.3 is 0 Å². The van der Waals surface area contributed by atoms with Crippen LogP contribution in [0.5, 0.6) is 11.8 Å². The SMILES string of the molecule is COc1nc(-c2cccc(-c3cccc(-c4ccc(CNC[C@@H]5CCC(=O)N5)c(OCC#N)n4)c3Cl)c2Cl)ccc1CNC[C@@H]1CCC(=O)N1. The number of halogens is 2. The Bertz CT molecular complexity index is 1930. The number of amides is 2. The summed E-state index contributed by atoms with van der Waals surface area (Å²) < 4.78 is 11.4. The van der Waals surface area contributed by atoms with Crippen LogP contribution in [-0.4, -0.2) is 60.7 Å². The molecule has 2 aliphatic rings. The highest BCUT2D eigenvalue weighted by atomic mass is 35.5. The Morgan fingerprint density at radius 1 is 0.760 bits per heavy atom. The van der Waals surface area contributed by atoms with E-state index in [2.05, 4.69) is 21.3 Å². The Hall–Kier alpha value is -4.73. The second-order valence-corrected chi connectivity index (χ2v) is 12.9. The summed E-state index contributed by atoms with van der Waals surface area (Å²) in [6, 6.07) is 21.2. The van der Waals surface area contributed by atoms with Crippen molar-refractivity contribution in [2.75, 3.05) is 26.8 Å². The van der Waals surface area contributed by atoms with Crippen molar-refractivity contribution < 1.29 is 19.1 Å². The number of nitrogens with one attached hydrogen (secondary N) is 4. The van der Waals surface area contributed by atoms with Crippen molar-refractivity contribution in [1.82, 2.24) is 31.2 Å². The number of carbonyl (C=O) groups excluding carboxylic acids is 2. The number of rotatable bonds is 14. The number of aromatic nitrogens is 2. The summed E-state index contributed by atoms with van der Waals surface area (Å²) >= 11 is 14.2. The molecular formula is C37H37Cl2N7O4. The van der Waals surface area contributed by atoms with Crippen LogP contribution < -0.4 is 30.7 Å². The molecule has 4 heterocycles. The molecule has 4 aromatic rings. The molecule has 0 spiro atoms. The summed E-state index contributed by atoms with van der Waals surface area (Å²) in [5.41, 5.74) is 5.73. The molecule has 2 aromatic heterocycles. The Morgan fingerprint density at radius 3 is 1.70 bits per heavy atom. The zero-order chi connectivity index (χ0) is 35.0. The molecule has 2 fully saturated rings. The molecule has 2 aromatic carbocycles. The Kier molecular flexibility index (Phi) is 11.5. The third-order valence-electron chi connectivity index (χ3n) is 8.77. The Labute approximate surface area is 300 Å². The fourth-order valence-electron chi connectivity index (χ4n) is 6.21. The lowest BCUT2D eigenvalue weighted by Gasteiger charge is -2.16. The zero-order valence-electron chi connectivity index (χ0n) is 27.5. The van der Waals surface area contributed by atoms with Crippen LogP contribution in [0.3, 0.4) is 0 Å². The van der Waals surface area contributed by atoms with Crippen molar-refractivity contribution >= 4 is 35.0 Å². The normalized spacial score (nSPS) is 16.9. The topological polar surface area (TPSA) is 150 Å². The highest BCUT2D eigenvalue weighted by Crippen LogP contribution is 2.42. The van der Waals surface area contributed by atoms with Gasteiger partial charge in [-0.05, 0) is 25.0 Å². The van der Waals surface area contributed by atoms with E-state index < -0.39 is 0 Å². The lowest BCUT2D eigenvalue weighted by molar-refractivity contribution is -0.120. The molecule has 13 heteroatoms. The molecule has 4 N–H and O–H groups in total. The monoisotopic (exact) mass is 713 g/mol. The summed E-state index contributed by atoms with van der Waals surface area (Å²) in [7, 11) is 1.58. The molecule has 0 unspecified atom stereocenters. The minimum Gasteiger partial charge on any atom is -0.481 e. The number of nitriles is 1. The quantitative estimate of drug-likeness (QED) is 0.134. The second kappa shape index (κ2) is 16.3. The van der Waals surface area contributed by atoms with Crippen LogP contribution in [0.25, 0.3) is 33.6 Å². The first-order chi connectivity index (χ1) is 24.3.